The van der Waals surface area contributed by atoms with Crippen LogP contribution in [-0.4, -0.2) is 52.6 Å². The Morgan fingerprint density at radius 3 is 2.45 bits per heavy atom. The summed E-state index contributed by atoms with van der Waals surface area (Å²) in [6, 6.07) is 0. The Labute approximate surface area is 63.2 Å². The Kier molecular flexibility index (Phi) is 1.62. The molecule has 0 amide bonds. The fourth-order valence-corrected chi connectivity index (χ4v) is 1.38. The maximum absolute atomic E-state index is 9.22. The molecule has 2 aliphatic rings. The van der Waals surface area contributed by atoms with Gasteiger partial charge in [-0.25, -0.2) is 0 Å². The summed E-state index contributed by atoms with van der Waals surface area (Å²) in [5.41, 5.74) is 0. The number of hydrogen-bond donors (Lipinski definition) is 3. The van der Waals surface area contributed by atoms with Crippen LogP contribution < -0.4 is 0 Å². The Morgan fingerprint density at radius 2 is 1.73 bits per heavy atom. The Bertz CT molecular complexity index is 141. The third-order valence-corrected chi connectivity index (χ3v) is 2.09. The second-order valence-corrected chi connectivity index (χ2v) is 2.85. The van der Waals surface area contributed by atoms with Gasteiger partial charge in [-0.1, -0.05) is 0 Å². The minimum Gasteiger partial charge on any atom is -0.387 e. The first-order valence-electron chi connectivity index (χ1n) is 3.51. The van der Waals surface area contributed by atoms with Gasteiger partial charge in [0.05, 0.1) is 6.61 Å². The van der Waals surface area contributed by atoms with Crippen LogP contribution in [-0.2, 0) is 9.47 Å². The van der Waals surface area contributed by atoms with E-state index in [9.17, 15) is 10.2 Å². The van der Waals surface area contributed by atoms with E-state index in [-0.39, 0.29) is 6.61 Å². The molecule has 2 rings (SSSR count). The fraction of sp³-hybridized carbons (Fsp3) is 1.00. The van der Waals surface area contributed by atoms with E-state index >= 15 is 0 Å². The quantitative estimate of drug-likeness (QED) is 0.377. The number of rotatable bonds is 0. The Morgan fingerprint density at radius 1 is 1.00 bits per heavy atom. The van der Waals surface area contributed by atoms with E-state index in [1.54, 1.807) is 0 Å². The van der Waals surface area contributed by atoms with Crippen LogP contribution in [0.4, 0.5) is 0 Å². The zero-order chi connectivity index (χ0) is 8.01. The molecule has 64 valence electrons. The van der Waals surface area contributed by atoms with Crippen molar-refractivity contribution >= 4 is 0 Å². The van der Waals surface area contributed by atoms with Crippen molar-refractivity contribution in [2.45, 2.75) is 30.7 Å². The minimum atomic E-state index is -1.15. The van der Waals surface area contributed by atoms with Crippen LogP contribution in [0, 0.1) is 0 Å². The van der Waals surface area contributed by atoms with Gasteiger partial charge in [0.15, 0.2) is 6.29 Å². The molecule has 2 heterocycles. The normalized spacial score (nSPS) is 56.5. The molecule has 2 saturated heterocycles. The fourth-order valence-electron chi connectivity index (χ4n) is 1.38. The maximum atomic E-state index is 9.22. The second-order valence-electron chi connectivity index (χ2n) is 2.85. The van der Waals surface area contributed by atoms with Crippen LogP contribution in [0.25, 0.3) is 0 Å². The molecule has 0 spiro atoms. The first-order valence-corrected chi connectivity index (χ1v) is 3.51. The Hall–Kier alpha value is -0.200. The van der Waals surface area contributed by atoms with E-state index in [4.69, 9.17) is 14.6 Å². The van der Waals surface area contributed by atoms with Gasteiger partial charge >= 0.3 is 0 Å². The summed E-state index contributed by atoms with van der Waals surface area (Å²) in [5.74, 6) is 0. The standard InChI is InChI=1S/C6H10O5/c7-3-2-1-10-6(11-2)5(9)4(3)8/h2-9H,1H2/t2?,3-,4-,5?,6-/m0/s1. The SMILES string of the molecule is OC1[C@H]2OCC(O2)[C@H](O)[C@@H]1O. The molecule has 0 saturated carbocycles. The summed E-state index contributed by atoms with van der Waals surface area (Å²) >= 11 is 0. The van der Waals surface area contributed by atoms with Gasteiger partial charge in [0, 0.05) is 0 Å². The third kappa shape index (κ3) is 0.969. The second kappa shape index (κ2) is 2.40. The smallest absolute Gasteiger partial charge is 0.186 e. The number of ether oxygens (including phenoxy) is 2. The first-order chi connectivity index (χ1) is 5.20. The topological polar surface area (TPSA) is 79.2 Å². The van der Waals surface area contributed by atoms with Crippen molar-refractivity contribution in [3.63, 3.8) is 0 Å². The Balaban J connectivity index is 2.16. The van der Waals surface area contributed by atoms with Crippen molar-refractivity contribution in [2.24, 2.45) is 0 Å². The van der Waals surface area contributed by atoms with Crippen LogP contribution >= 0.6 is 0 Å². The van der Waals surface area contributed by atoms with Crippen molar-refractivity contribution in [2.75, 3.05) is 6.61 Å². The monoisotopic (exact) mass is 162 g/mol. The summed E-state index contributed by atoms with van der Waals surface area (Å²) in [7, 11) is 0. The summed E-state index contributed by atoms with van der Waals surface area (Å²) < 4.78 is 9.95. The van der Waals surface area contributed by atoms with Crippen molar-refractivity contribution in [1.82, 2.24) is 0 Å². The van der Waals surface area contributed by atoms with Gasteiger partial charge in [0.2, 0.25) is 0 Å². The lowest BCUT2D eigenvalue weighted by atomic mass is 10.0. The van der Waals surface area contributed by atoms with E-state index in [0.717, 1.165) is 0 Å². The van der Waals surface area contributed by atoms with E-state index in [1.165, 1.54) is 0 Å². The first kappa shape index (κ1) is 7.45. The van der Waals surface area contributed by atoms with E-state index < -0.39 is 30.7 Å². The molecule has 5 heteroatoms. The molecule has 5 nitrogen and oxygen atoms in total. The largest absolute Gasteiger partial charge is 0.387 e. The minimum absolute atomic E-state index is 0.236. The highest BCUT2D eigenvalue weighted by molar-refractivity contribution is 4.92. The number of aliphatic hydroxyl groups excluding tert-OH is 3. The molecule has 0 aromatic heterocycles. The van der Waals surface area contributed by atoms with Crippen molar-refractivity contribution < 1.29 is 24.8 Å². The molecule has 2 fully saturated rings. The van der Waals surface area contributed by atoms with Gasteiger partial charge < -0.3 is 24.8 Å². The number of hydrogen-bond acceptors (Lipinski definition) is 5. The zero-order valence-corrected chi connectivity index (χ0v) is 5.75. The molecule has 0 radical (unpaired) electrons. The highest BCUT2D eigenvalue weighted by atomic mass is 16.7. The van der Waals surface area contributed by atoms with Gasteiger partial charge in [-0.15, -0.1) is 0 Å². The maximum Gasteiger partial charge on any atom is 0.186 e. The van der Waals surface area contributed by atoms with Crippen molar-refractivity contribution in [1.29, 1.82) is 0 Å². The van der Waals surface area contributed by atoms with Crippen molar-refractivity contribution in [3.8, 4) is 0 Å². The van der Waals surface area contributed by atoms with E-state index in [1.807, 2.05) is 0 Å². The molecule has 11 heavy (non-hydrogen) atoms. The van der Waals surface area contributed by atoms with Gasteiger partial charge in [0.1, 0.15) is 24.4 Å². The molecule has 0 aliphatic carbocycles. The lowest BCUT2D eigenvalue weighted by molar-refractivity contribution is -0.228. The molecule has 3 N–H and O–H groups in total. The van der Waals surface area contributed by atoms with Gasteiger partial charge in [-0.05, 0) is 0 Å². The molecule has 0 aromatic rings. The highest BCUT2D eigenvalue weighted by Gasteiger charge is 2.48. The average molecular weight is 162 g/mol. The van der Waals surface area contributed by atoms with E-state index in [0.29, 0.717) is 0 Å². The molecule has 5 atom stereocenters. The highest BCUT2D eigenvalue weighted by Crippen LogP contribution is 2.27. The van der Waals surface area contributed by atoms with Gasteiger partial charge in [0.25, 0.3) is 0 Å². The van der Waals surface area contributed by atoms with Gasteiger partial charge in [-0.2, -0.15) is 0 Å². The zero-order valence-electron chi connectivity index (χ0n) is 5.75. The number of fused-ring (bicyclic) bond motifs is 2. The predicted molar refractivity (Wildman–Crippen MR) is 32.6 cm³/mol. The lowest BCUT2D eigenvalue weighted by Gasteiger charge is -2.32. The molecule has 2 aliphatic heterocycles. The predicted octanol–water partition coefficient (Wildman–Crippen LogP) is -2.18. The van der Waals surface area contributed by atoms with Crippen LogP contribution in [0.15, 0.2) is 0 Å². The molecular weight excluding hydrogens is 152 g/mol. The third-order valence-electron chi connectivity index (χ3n) is 2.09. The van der Waals surface area contributed by atoms with Crippen LogP contribution in [0.3, 0.4) is 0 Å². The summed E-state index contributed by atoms with van der Waals surface area (Å²) in [5, 5.41) is 27.6. The van der Waals surface area contributed by atoms with Crippen LogP contribution in [0.5, 0.6) is 0 Å². The van der Waals surface area contributed by atoms with Crippen molar-refractivity contribution in [3.05, 3.63) is 0 Å². The molecule has 2 unspecified atom stereocenters. The molecular formula is C6H10O5. The summed E-state index contributed by atoms with van der Waals surface area (Å²) in [6.45, 7) is 0.236. The van der Waals surface area contributed by atoms with Crippen LogP contribution in [0.2, 0.25) is 0 Å². The van der Waals surface area contributed by atoms with Crippen LogP contribution in [0.1, 0.15) is 0 Å². The molecule has 2 bridgehead atoms. The summed E-state index contributed by atoms with van der Waals surface area (Å²) in [6.07, 6.45) is -4.58. The summed E-state index contributed by atoms with van der Waals surface area (Å²) in [4.78, 5) is 0. The number of aliphatic hydroxyl groups is 3. The van der Waals surface area contributed by atoms with Gasteiger partial charge in [-0.3, -0.25) is 0 Å². The average Bonchev–Trinajstić information content (AvgIpc) is 2.44. The van der Waals surface area contributed by atoms with E-state index in [2.05, 4.69) is 0 Å². The molecule has 0 aromatic carbocycles. The lowest BCUT2D eigenvalue weighted by Crippen LogP contribution is -2.53.